The van der Waals surface area contributed by atoms with E-state index in [1.807, 2.05) is 31.2 Å². The van der Waals surface area contributed by atoms with Crippen LogP contribution in [0.4, 0.5) is 0 Å². The van der Waals surface area contributed by atoms with E-state index >= 15 is 0 Å². The Morgan fingerprint density at radius 2 is 1.95 bits per heavy atom. The number of nitrogens with two attached hydrogens (primary N) is 1. The first-order valence-corrected chi connectivity index (χ1v) is 8.47. The number of benzene rings is 1. The molecular formula is C18H26N2O2. The highest BCUT2D eigenvalue weighted by Gasteiger charge is 2.40. The summed E-state index contributed by atoms with van der Waals surface area (Å²) in [5.41, 5.74) is 6.80. The van der Waals surface area contributed by atoms with Crippen LogP contribution in [0.2, 0.25) is 0 Å². The van der Waals surface area contributed by atoms with Gasteiger partial charge in [0.25, 0.3) is 5.91 Å². The Morgan fingerprint density at radius 3 is 2.64 bits per heavy atom. The first kappa shape index (κ1) is 15.3. The minimum absolute atomic E-state index is 0.0126. The Labute approximate surface area is 132 Å². The maximum absolute atomic E-state index is 12.7. The van der Waals surface area contributed by atoms with Gasteiger partial charge in [-0.3, -0.25) is 4.79 Å². The third kappa shape index (κ3) is 3.12. The van der Waals surface area contributed by atoms with Crippen LogP contribution in [0.15, 0.2) is 24.3 Å². The summed E-state index contributed by atoms with van der Waals surface area (Å²) in [6.45, 7) is 2.50. The molecule has 2 aliphatic rings. The van der Waals surface area contributed by atoms with Crippen molar-refractivity contribution in [1.29, 1.82) is 0 Å². The summed E-state index contributed by atoms with van der Waals surface area (Å²) in [5.74, 6) is 1.72. The van der Waals surface area contributed by atoms with Crippen LogP contribution in [0, 0.1) is 11.8 Å². The molecule has 1 amide bonds. The summed E-state index contributed by atoms with van der Waals surface area (Å²) < 4.78 is 5.58. The fourth-order valence-corrected chi connectivity index (χ4v) is 4.19. The summed E-state index contributed by atoms with van der Waals surface area (Å²) in [7, 11) is 0. The minimum atomic E-state index is -0.0126. The molecule has 2 bridgehead atoms. The number of nitrogens with one attached hydrogen (secondary N) is 1. The molecule has 1 aromatic rings. The Bertz CT molecular complexity index is 518. The molecule has 2 unspecified atom stereocenters. The molecule has 22 heavy (non-hydrogen) atoms. The smallest absolute Gasteiger partial charge is 0.255 e. The van der Waals surface area contributed by atoms with Crippen molar-refractivity contribution >= 4 is 5.91 Å². The van der Waals surface area contributed by atoms with E-state index < -0.39 is 0 Å². The zero-order chi connectivity index (χ0) is 15.5. The molecule has 4 heteroatoms. The highest BCUT2D eigenvalue weighted by atomic mass is 16.5. The number of para-hydroxylation sites is 1. The quantitative estimate of drug-likeness (QED) is 0.899. The van der Waals surface area contributed by atoms with Crippen LogP contribution in [-0.4, -0.2) is 24.6 Å². The number of carbonyl (C=O) groups excluding carboxylic acids is 1. The third-order valence-corrected chi connectivity index (χ3v) is 5.11. The van der Waals surface area contributed by atoms with E-state index in [1.165, 1.54) is 19.3 Å². The van der Waals surface area contributed by atoms with E-state index in [4.69, 9.17) is 10.5 Å². The zero-order valence-corrected chi connectivity index (χ0v) is 13.3. The summed E-state index contributed by atoms with van der Waals surface area (Å²) >= 11 is 0. The van der Waals surface area contributed by atoms with Crippen molar-refractivity contribution in [2.75, 3.05) is 6.61 Å². The lowest BCUT2D eigenvalue weighted by Crippen LogP contribution is -2.53. The second-order valence-corrected chi connectivity index (χ2v) is 6.61. The first-order valence-electron chi connectivity index (χ1n) is 8.47. The molecule has 3 N–H and O–H groups in total. The number of hydrogen-bond acceptors (Lipinski definition) is 3. The third-order valence-electron chi connectivity index (χ3n) is 5.11. The van der Waals surface area contributed by atoms with Crippen LogP contribution < -0.4 is 15.8 Å². The van der Waals surface area contributed by atoms with E-state index in [9.17, 15) is 4.79 Å². The van der Waals surface area contributed by atoms with E-state index in [-0.39, 0.29) is 11.9 Å². The number of hydrogen-bond donors (Lipinski definition) is 2. The van der Waals surface area contributed by atoms with Crippen molar-refractivity contribution in [3.63, 3.8) is 0 Å². The Kier molecular flexibility index (Phi) is 4.67. The molecule has 1 aromatic carbocycles. The molecule has 0 heterocycles. The fourth-order valence-electron chi connectivity index (χ4n) is 4.19. The summed E-state index contributed by atoms with van der Waals surface area (Å²) in [5, 5.41) is 3.28. The largest absolute Gasteiger partial charge is 0.493 e. The van der Waals surface area contributed by atoms with Crippen LogP contribution in [0.5, 0.6) is 5.75 Å². The minimum Gasteiger partial charge on any atom is -0.493 e. The predicted octanol–water partition coefficient (Wildman–Crippen LogP) is 2.72. The lowest BCUT2D eigenvalue weighted by Gasteiger charge is -2.45. The van der Waals surface area contributed by atoms with Gasteiger partial charge in [0.2, 0.25) is 0 Å². The van der Waals surface area contributed by atoms with Crippen LogP contribution in [-0.2, 0) is 0 Å². The molecule has 2 saturated carbocycles. The standard InChI is InChI=1S/C18H26N2O2/c1-2-22-16-9-4-3-8-15(16)18(21)20-17-12-6-5-7-13(17)11-14(19)10-12/h3-4,8-9,12-14,17H,2,5-7,10-11,19H2,1H3,(H,20,21). The van der Waals surface area contributed by atoms with Gasteiger partial charge in [0, 0.05) is 12.1 Å². The van der Waals surface area contributed by atoms with Gasteiger partial charge in [-0.05, 0) is 56.6 Å². The summed E-state index contributed by atoms with van der Waals surface area (Å²) in [6.07, 6.45) is 5.71. The molecule has 0 spiro atoms. The van der Waals surface area contributed by atoms with Crippen LogP contribution >= 0.6 is 0 Å². The first-order chi connectivity index (χ1) is 10.7. The molecule has 0 saturated heterocycles. The van der Waals surface area contributed by atoms with Crippen molar-refractivity contribution in [2.45, 2.75) is 51.1 Å². The molecule has 2 atom stereocenters. The van der Waals surface area contributed by atoms with E-state index in [2.05, 4.69) is 5.32 Å². The zero-order valence-electron chi connectivity index (χ0n) is 13.3. The van der Waals surface area contributed by atoms with Gasteiger partial charge in [0.15, 0.2) is 0 Å². The van der Waals surface area contributed by atoms with Gasteiger partial charge in [0.05, 0.1) is 12.2 Å². The molecule has 0 aliphatic heterocycles. The predicted molar refractivity (Wildman–Crippen MR) is 86.9 cm³/mol. The fraction of sp³-hybridized carbons (Fsp3) is 0.611. The van der Waals surface area contributed by atoms with Gasteiger partial charge in [-0.2, -0.15) is 0 Å². The normalized spacial score (nSPS) is 30.6. The van der Waals surface area contributed by atoms with Gasteiger partial charge in [-0.25, -0.2) is 0 Å². The van der Waals surface area contributed by atoms with Crippen molar-refractivity contribution in [1.82, 2.24) is 5.32 Å². The number of fused-ring (bicyclic) bond motifs is 2. The van der Waals surface area contributed by atoms with E-state index in [0.29, 0.717) is 35.8 Å². The Morgan fingerprint density at radius 1 is 1.27 bits per heavy atom. The molecule has 0 aromatic heterocycles. The highest BCUT2D eigenvalue weighted by Crippen LogP contribution is 2.39. The van der Waals surface area contributed by atoms with Gasteiger partial charge < -0.3 is 15.8 Å². The molecule has 3 rings (SSSR count). The maximum atomic E-state index is 12.7. The summed E-state index contributed by atoms with van der Waals surface area (Å²) in [6, 6.07) is 8.06. The number of rotatable bonds is 4. The van der Waals surface area contributed by atoms with Crippen LogP contribution in [0.1, 0.15) is 49.4 Å². The van der Waals surface area contributed by atoms with E-state index in [1.54, 1.807) is 0 Å². The van der Waals surface area contributed by atoms with Crippen LogP contribution in [0.25, 0.3) is 0 Å². The van der Waals surface area contributed by atoms with Gasteiger partial charge in [0.1, 0.15) is 5.75 Å². The van der Waals surface area contributed by atoms with Crippen molar-refractivity contribution in [2.24, 2.45) is 17.6 Å². The molecule has 120 valence electrons. The SMILES string of the molecule is CCOc1ccccc1C(=O)NC1C2CCCC1CC(N)C2. The number of ether oxygens (including phenoxy) is 1. The Balaban J connectivity index is 1.74. The number of amides is 1. The second-order valence-electron chi connectivity index (χ2n) is 6.61. The monoisotopic (exact) mass is 302 g/mol. The van der Waals surface area contributed by atoms with Gasteiger partial charge >= 0.3 is 0 Å². The molecule has 2 fully saturated rings. The topological polar surface area (TPSA) is 64.3 Å². The van der Waals surface area contributed by atoms with Crippen molar-refractivity contribution in [3.8, 4) is 5.75 Å². The lowest BCUT2D eigenvalue weighted by atomic mass is 9.67. The molecule has 2 aliphatic carbocycles. The van der Waals surface area contributed by atoms with Crippen molar-refractivity contribution < 1.29 is 9.53 Å². The number of carbonyl (C=O) groups is 1. The highest BCUT2D eigenvalue weighted by molar-refractivity contribution is 5.97. The maximum Gasteiger partial charge on any atom is 0.255 e. The average Bonchev–Trinajstić information content (AvgIpc) is 2.49. The molecule has 4 nitrogen and oxygen atoms in total. The summed E-state index contributed by atoms with van der Waals surface area (Å²) in [4.78, 5) is 12.7. The Hall–Kier alpha value is -1.55. The van der Waals surface area contributed by atoms with Gasteiger partial charge in [-0.15, -0.1) is 0 Å². The average molecular weight is 302 g/mol. The molecular weight excluding hydrogens is 276 g/mol. The van der Waals surface area contributed by atoms with E-state index in [0.717, 1.165) is 12.8 Å². The van der Waals surface area contributed by atoms with Gasteiger partial charge in [-0.1, -0.05) is 18.6 Å². The molecule has 0 radical (unpaired) electrons. The lowest BCUT2D eigenvalue weighted by molar-refractivity contribution is 0.0753. The van der Waals surface area contributed by atoms with Crippen molar-refractivity contribution in [3.05, 3.63) is 29.8 Å². The van der Waals surface area contributed by atoms with Crippen LogP contribution in [0.3, 0.4) is 0 Å². The second kappa shape index (κ2) is 6.69.